The average Bonchev–Trinajstić information content (AvgIpc) is 3.04. The van der Waals surface area contributed by atoms with E-state index in [4.69, 9.17) is 4.42 Å². The standard InChI is InChI=1S/C18H20F2N2O3/c19-11-1-6-14(15(20)9-11)16-10-21-18(25-16)8-7-17(24)22-12-2-4-13(23)5-3-12/h1,6,9-10,12-13,23H,2-5,7-8H2,(H,22,24). The molecule has 134 valence electrons. The number of amides is 1. The summed E-state index contributed by atoms with van der Waals surface area (Å²) in [7, 11) is 0. The fraction of sp³-hybridized carbons (Fsp3) is 0.444. The molecular formula is C18H20F2N2O3. The Balaban J connectivity index is 1.52. The molecule has 1 aliphatic rings. The minimum absolute atomic E-state index is 0.101. The largest absolute Gasteiger partial charge is 0.441 e. The first-order chi connectivity index (χ1) is 12.0. The summed E-state index contributed by atoms with van der Waals surface area (Å²) in [6.07, 6.45) is 4.58. The number of carbonyl (C=O) groups is 1. The van der Waals surface area contributed by atoms with Gasteiger partial charge in [-0.05, 0) is 37.8 Å². The molecule has 0 bridgehead atoms. The van der Waals surface area contributed by atoms with E-state index in [0.717, 1.165) is 25.0 Å². The number of benzene rings is 1. The first-order valence-electron chi connectivity index (χ1n) is 8.39. The number of halogens is 2. The van der Waals surface area contributed by atoms with Gasteiger partial charge in [-0.2, -0.15) is 0 Å². The second-order valence-electron chi connectivity index (χ2n) is 6.32. The van der Waals surface area contributed by atoms with Gasteiger partial charge in [-0.1, -0.05) is 0 Å². The summed E-state index contributed by atoms with van der Waals surface area (Å²) in [6.45, 7) is 0. The zero-order chi connectivity index (χ0) is 17.8. The lowest BCUT2D eigenvalue weighted by Gasteiger charge is -2.26. The zero-order valence-electron chi connectivity index (χ0n) is 13.7. The van der Waals surface area contributed by atoms with Crippen molar-refractivity contribution in [3.63, 3.8) is 0 Å². The Morgan fingerprint density at radius 3 is 2.76 bits per heavy atom. The SMILES string of the molecule is O=C(CCc1ncc(-c2ccc(F)cc2F)o1)NC1CCC(O)CC1. The van der Waals surface area contributed by atoms with Gasteiger partial charge < -0.3 is 14.8 Å². The molecule has 0 radical (unpaired) electrons. The molecule has 0 spiro atoms. The van der Waals surface area contributed by atoms with Crippen molar-refractivity contribution in [2.24, 2.45) is 0 Å². The molecule has 0 atom stereocenters. The van der Waals surface area contributed by atoms with E-state index in [1.165, 1.54) is 12.3 Å². The Hall–Kier alpha value is -2.28. The lowest BCUT2D eigenvalue weighted by molar-refractivity contribution is -0.122. The molecule has 1 aliphatic carbocycles. The maximum absolute atomic E-state index is 13.7. The Labute approximate surface area is 144 Å². The fourth-order valence-electron chi connectivity index (χ4n) is 2.98. The number of aliphatic hydroxyl groups excluding tert-OH is 1. The van der Waals surface area contributed by atoms with Gasteiger partial charge in [0.05, 0.1) is 17.9 Å². The van der Waals surface area contributed by atoms with Gasteiger partial charge in [0.1, 0.15) is 11.6 Å². The maximum Gasteiger partial charge on any atom is 0.220 e. The van der Waals surface area contributed by atoms with Gasteiger partial charge in [0.25, 0.3) is 0 Å². The molecule has 25 heavy (non-hydrogen) atoms. The van der Waals surface area contributed by atoms with Crippen molar-refractivity contribution in [2.75, 3.05) is 0 Å². The van der Waals surface area contributed by atoms with Crippen LogP contribution in [-0.4, -0.2) is 28.1 Å². The van der Waals surface area contributed by atoms with E-state index in [1.54, 1.807) is 0 Å². The van der Waals surface area contributed by atoms with Crippen molar-refractivity contribution in [1.29, 1.82) is 0 Å². The molecule has 0 aliphatic heterocycles. The van der Waals surface area contributed by atoms with Crippen molar-refractivity contribution < 1.29 is 23.1 Å². The van der Waals surface area contributed by atoms with Gasteiger partial charge in [0.15, 0.2) is 11.7 Å². The minimum Gasteiger partial charge on any atom is -0.441 e. The van der Waals surface area contributed by atoms with E-state index < -0.39 is 11.6 Å². The van der Waals surface area contributed by atoms with Crippen molar-refractivity contribution in [1.82, 2.24) is 10.3 Å². The molecule has 1 heterocycles. The van der Waals surface area contributed by atoms with Crippen LogP contribution >= 0.6 is 0 Å². The highest BCUT2D eigenvalue weighted by Crippen LogP contribution is 2.24. The first-order valence-corrected chi connectivity index (χ1v) is 8.39. The van der Waals surface area contributed by atoms with Crippen LogP contribution in [0.3, 0.4) is 0 Å². The van der Waals surface area contributed by atoms with Crippen LogP contribution in [0.4, 0.5) is 8.78 Å². The van der Waals surface area contributed by atoms with Crippen LogP contribution in [0.15, 0.2) is 28.8 Å². The molecule has 1 aromatic carbocycles. The summed E-state index contributed by atoms with van der Waals surface area (Å²) >= 11 is 0. The lowest BCUT2D eigenvalue weighted by atomic mass is 9.93. The van der Waals surface area contributed by atoms with Crippen LogP contribution < -0.4 is 5.32 Å². The van der Waals surface area contributed by atoms with Gasteiger partial charge >= 0.3 is 0 Å². The third-order valence-electron chi connectivity index (χ3n) is 4.38. The van der Waals surface area contributed by atoms with Crippen molar-refractivity contribution >= 4 is 5.91 Å². The van der Waals surface area contributed by atoms with Crippen LogP contribution in [0.2, 0.25) is 0 Å². The normalized spacial score (nSPS) is 20.4. The topological polar surface area (TPSA) is 75.4 Å². The summed E-state index contributed by atoms with van der Waals surface area (Å²) in [4.78, 5) is 16.0. The number of hydrogen-bond acceptors (Lipinski definition) is 4. The summed E-state index contributed by atoms with van der Waals surface area (Å²) in [5.41, 5.74) is 0.130. The molecule has 1 aromatic heterocycles. The highest BCUT2D eigenvalue weighted by Gasteiger charge is 2.21. The second kappa shape index (κ2) is 7.74. The molecule has 1 saturated carbocycles. The van der Waals surface area contributed by atoms with Gasteiger partial charge in [-0.3, -0.25) is 4.79 Å². The van der Waals surface area contributed by atoms with E-state index in [9.17, 15) is 18.7 Å². The number of carbonyl (C=O) groups excluding carboxylic acids is 1. The molecule has 0 unspecified atom stereocenters. The number of aryl methyl sites for hydroxylation is 1. The Kier molecular flexibility index (Phi) is 5.43. The predicted octanol–water partition coefficient (Wildman–Crippen LogP) is 2.97. The highest BCUT2D eigenvalue weighted by atomic mass is 19.1. The van der Waals surface area contributed by atoms with E-state index in [1.807, 2.05) is 0 Å². The second-order valence-corrected chi connectivity index (χ2v) is 6.32. The molecule has 3 rings (SSSR count). The summed E-state index contributed by atoms with van der Waals surface area (Å²) in [6, 6.07) is 3.32. The number of aromatic nitrogens is 1. The molecule has 2 N–H and O–H groups in total. The van der Waals surface area contributed by atoms with Crippen LogP contribution in [-0.2, 0) is 11.2 Å². The molecule has 1 fully saturated rings. The Morgan fingerprint density at radius 2 is 2.04 bits per heavy atom. The number of rotatable bonds is 5. The van der Waals surface area contributed by atoms with Gasteiger partial charge in [0.2, 0.25) is 5.91 Å². The Bertz CT molecular complexity index is 740. The summed E-state index contributed by atoms with van der Waals surface area (Å²) < 4.78 is 32.1. The van der Waals surface area contributed by atoms with Gasteiger partial charge in [-0.25, -0.2) is 13.8 Å². The lowest BCUT2D eigenvalue weighted by Crippen LogP contribution is -2.38. The number of nitrogens with one attached hydrogen (secondary N) is 1. The average molecular weight is 350 g/mol. The van der Waals surface area contributed by atoms with Gasteiger partial charge in [0, 0.05) is 24.9 Å². The quantitative estimate of drug-likeness (QED) is 0.869. The number of nitrogens with zero attached hydrogens (tertiary/aromatic N) is 1. The zero-order valence-corrected chi connectivity index (χ0v) is 13.7. The van der Waals surface area contributed by atoms with Gasteiger partial charge in [-0.15, -0.1) is 0 Å². The van der Waals surface area contributed by atoms with Crippen LogP contribution in [0, 0.1) is 11.6 Å². The number of aliphatic hydroxyl groups is 1. The van der Waals surface area contributed by atoms with Crippen LogP contribution in [0.5, 0.6) is 0 Å². The van der Waals surface area contributed by atoms with E-state index in [-0.39, 0.29) is 35.8 Å². The molecule has 0 saturated heterocycles. The number of hydrogen-bond donors (Lipinski definition) is 2. The van der Waals surface area contributed by atoms with Crippen LogP contribution in [0.25, 0.3) is 11.3 Å². The minimum atomic E-state index is -0.722. The first kappa shape index (κ1) is 17.5. The smallest absolute Gasteiger partial charge is 0.220 e. The van der Waals surface area contributed by atoms with Crippen molar-refractivity contribution in [2.45, 2.75) is 50.7 Å². The van der Waals surface area contributed by atoms with Crippen molar-refractivity contribution in [3.05, 3.63) is 41.9 Å². The fourth-order valence-corrected chi connectivity index (χ4v) is 2.98. The molecular weight excluding hydrogens is 330 g/mol. The maximum atomic E-state index is 13.7. The third kappa shape index (κ3) is 4.63. The van der Waals surface area contributed by atoms with Crippen molar-refractivity contribution in [3.8, 4) is 11.3 Å². The molecule has 2 aromatic rings. The van der Waals surface area contributed by atoms with Crippen LogP contribution in [0.1, 0.15) is 38.0 Å². The van der Waals surface area contributed by atoms with E-state index in [2.05, 4.69) is 10.3 Å². The number of oxazole rings is 1. The molecule has 5 nitrogen and oxygen atoms in total. The predicted molar refractivity (Wildman–Crippen MR) is 86.6 cm³/mol. The molecule has 7 heteroatoms. The molecule has 1 amide bonds. The monoisotopic (exact) mass is 350 g/mol. The van der Waals surface area contributed by atoms with E-state index in [0.29, 0.717) is 25.2 Å². The summed E-state index contributed by atoms with van der Waals surface area (Å²) in [5.74, 6) is -0.955. The highest BCUT2D eigenvalue weighted by molar-refractivity contribution is 5.76. The third-order valence-corrected chi connectivity index (χ3v) is 4.38. The Morgan fingerprint density at radius 1 is 1.28 bits per heavy atom. The summed E-state index contributed by atoms with van der Waals surface area (Å²) in [5, 5.41) is 12.4. The van der Waals surface area contributed by atoms with E-state index >= 15 is 0 Å².